The minimum Gasteiger partial charge on any atom is -0.382 e. The number of aromatic nitrogens is 2. The van der Waals surface area contributed by atoms with Gasteiger partial charge in [0.2, 0.25) is 0 Å². The summed E-state index contributed by atoms with van der Waals surface area (Å²) in [6.07, 6.45) is 0.0136. The van der Waals surface area contributed by atoms with Crippen molar-refractivity contribution in [1.29, 1.82) is 0 Å². The Morgan fingerprint density at radius 1 is 1.03 bits per heavy atom. The molecule has 2 aromatic heterocycles. The minimum absolute atomic E-state index is 0.000262. The van der Waals surface area contributed by atoms with Crippen LogP contribution in [0.3, 0.4) is 0 Å². The predicted molar refractivity (Wildman–Crippen MR) is 122 cm³/mol. The van der Waals surface area contributed by atoms with E-state index >= 15 is 0 Å². The molecule has 0 unspecified atom stereocenters. The van der Waals surface area contributed by atoms with E-state index in [1.807, 2.05) is 25.1 Å². The molecule has 1 fully saturated rings. The second-order valence-corrected chi connectivity index (χ2v) is 8.53. The number of alkyl halides is 3. The Balaban J connectivity index is 1.40. The van der Waals surface area contributed by atoms with E-state index in [2.05, 4.69) is 20.6 Å². The van der Waals surface area contributed by atoms with E-state index in [4.69, 9.17) is 0 Å². The quantitative estimate of drug-likeness (QED) is 0.572. The van der Waals surface area contributed by atoms with Crippen molar-refractivity contribution >= 4 is 28.2 Å². The lowest BCUT2D eigenvalue weighted by Crippen LogP contribution is -2.40. The van der Waals surface area contributed by atoms with Crippen molar-refractivity contribution in [3.63, 3.8) is 0 Å². The Morgan fingerprint density at radius 3 is 2.42 bits per heavy atom. The van der Waals surface area contributed by atoms with Gasteiger partial charge in [0.15, 0.2) is 0 Å². The maximum Gasteiger partial charge on any atom is 0.433 e. The van der Waals surface area contributed by atoms with Crippen molar-refractivity contribution in [2.24, 2.45) is 0 Å². The van der Waals surface area contributed by atoms with Gasteiger partial charge in [-0.2, -0.15) is 13.2 Å². The SMILES string of the molecule is CN(C)c1ccnc(C(=O)N[C@H]2CC[C@@H](Nc3cc(C(F)(F)F)nc4ccccc34)CC2)c1. The number of nitrogens with one attached hydrogen (secondary N) is 2. The molecular weight excluding hydrogens is 431 g/mol. The summed E-state index contributed by atoms with van der Waals surface area (Å²) in [5.74, 6) is -0.218. The Hall–Kier alpha value is -3.36. The van der Waals surface area contributed by atoms with Gasteiger partial charge in [-0.25, -0.2) is 4.98 Å². The third-order valence-corrected chi connectivity index (χ3v) is 5.92. The van der Waals surface area contributed by atoms with Crippen LogP contribution < -0.4 is 15.5 Å². The zero-order chi connectivity index (χ0) is 23.6. The first-order chi connectivity index (χ1) is 15.7. The molecular formula is C24H26F3N5O. The fourth-order valence-electron chi connectivity index (χ4n) is 4.12. The second kappa shape index (κ2) is 9.25. The molecule has 174 valence electrons. The second-order valence-electron chi connectivity index (χ2n) is 8.53. The zero-order valence-electron chi connectivity index (χ0n) is 18.5. The van der Waals surface area contributed by atoms with Gasteiger partial charge in [-0.3, -0.25) is 9.78 Å². The first kappa shape index (κ1) is 22.8. The van der Waals surface area contributed by atoms with Crippen LogP contribution in [0.25, 0.3) is 10.9 Å². The molecule has 0 aliphatic heterocycles. The van der Waals surface area contributed by atoms with Gasteiger partial charge >= 0.3 is 6.18 Å². The van der Waals surface area contributed by atoms with E-state index in [0.717, 1.165) is 37.4 Å². The average molecular weight is 458 g/mol. The molecule has 4 rings (SSSR count). The number of amides is 1. The van der Waals surface area contributed by atoms with Gasteiger partial charge in [-0.1, -0.05) is 18.2 Å². The highest BCUT2D eigenvalue weighted by Gasteiger charge is 2.34. The summed E-state index contributed by atoms with van der Waals surface area (Å²) in [5.41, 5.74) is 1.10. The largest absolute Gasteiger partial charge is 0.433 e. The van der Waals surface area contributed by atoms with E-state index in [1.54, 1.807) is 36.5 Å². The summed E-state index contributed by atoms with van der Waals surface area (Å²) < 4.78 is 40.0. The van der Waals surface area contributed by atoms with Crippen molar-refractivity contribution in [1.82, 2.24) is 15.3 Å². The number of anilines is 2. The Bertz CT molecular complexity index is 1140. The summed E-state index contributed by atoms with van der Waals surface area (Å²) in [5, 5.41) is 6.99. The smallest absolute Gasteiger partial charge is 0.382 e. The molecule has 2 N–H and O–H groups in total. The van der Waals surface area contributed by atoms with Gasteiger partial charge in [0.25, 0.3) is 5.91 Å². The van der Waals surface area contributed by atoms with E-state index in [9.17, 15) is 18.0 Å². The normalized spacial score (nSPS) is 18.7. The molecule has 0 saturated heterocycles. The molecule has 1 saturated carbocycles. The maximum absolute atomic E-state index is 13.3. The van der Waals surface area contributed by atoms with E-state index < -0.39 is 11.9 Å². The van der Waals surface area contributed by atoms with Crippen LogP contribution in [0.15, 0.2) is 48.7 Å². The lowest BCUT2D eigenvalue weighted by Gasteiger charge is -2.30. The van der Waals surface area contributed by atoms with Crippen molar-refractivity contribution in [3.8, 4) is 0 Å². The number of carbonyl (C=O) groups is 1. The van der Waals surface area contributed by atoms with Crippen molar-refractivity contribution in [2.75, 3.05) is 24.3 Å². The molecule has 0 bridgehead atoms. The Labute approximate surface area is 190 Å². The van der Waals surface area contributed by atoms with Crippen LogP contribution in [-0.2, 0) is 6.18 Å². The molecule has 0 radical (unpaired) electrons. The summed E-state index contributed by atoms with van der Waals surface area (Å²) in [7, 11) is 3.80. The summed E-state index contributed by atoms with van der Waals surface area (Å²) in [6.45, 7) is 0. The fraction of sp³-hybridized carbons (Fsp3) is 0.375. The number of halogens is 3. The standard InChI is InChI=1S/C24H26F3N5O/c1-32(2)17-11-12-28-21(13-17)23(33)30-16-9-7-15(8-10-16)29-20-14-22(24(25,26)27)31-19-6-4-3-5-18(19)20/h3-6,11-16H,7-10H2,1-2H3,(H,29,31)(H,30,33)/t15-,16+. The van der Waals surface area contributed by atoms with Crippen LogP contribution in [0, 0.1) is 0 Å². The Kier molecular flexibility index (Phi) is 6.40. The maximum atomic E-state index is 13.3. The molecule has 1 amide bonds. The predicted octanol–water partition coefficient (Wildman–Crippen LogP) is 4.87. The number of carbonyl (C=O) groups excluding carboxylic acids is 1. The van der Waals surface area contributed by atoms with Crippen molar-refractivity contribution in [3.05, 3.63) is 60.0 Å². The average Bonchev–Trinajstić information content (AvgIpc) is 2.79. The Morgan fingerprint density at radius 2 is 1.73 bits per heavy atom. The number of benzene rings is 1. The molecule has 0 spiro atoms. The molecule has 1 aliphatic rings. The minimum atomic E-state index is -4.51. The van der Waals surface area contributed by atoms with Crippen LogP contribution in [-0.4, -0.2) is 42.1 Å². The molecule has 1 aliphatic carbocycles. The molecule has 33 heavy (non-hydrogen) atoms. The third-order valence-electron chi connectivity index (χ3n) is 5.92. The first-order valence-corrected chi connectivity index (χ1v) is 10.9. The summed E-state index contributed by atoms with van der Waals surface area (Å²) in [4.78, 5) is 22.5. The molecule has 1 aromatic carbocycles. The van der Waals surface area contributed by atoms with Gasteiger partial charge in [0.05, 0.1) is 5.52 Å². The zero-order valence-corrected chi connectivity index (χ0v) is 18.5. The summed E-state index contributed by atoms with van der Waals surface area (Å²) >= 11 is 0. The molecule has 2 heterocycles. The van der Waals surface area contributed by atoms with Crippen LogP contribution in [0.2, 0.25) is 0 Å². The van der Waals surface area contributed by atoms with Crippen molar-refractivity contribution < 1.29 is 18.0 Å². The monoisotopic (exact) mass is 457 g/mol. The van der Waals surface area contributed by atoms with Crippen molar-refractivity contribution in [2.45, 2.75) is 43.9 Å². The number of pyridine rings is 2. The van der Waals surface area contributed by atoms with Gasteiger partial charge in [0.1, 0.15) is 11.4 Å². The van der Waals surface area contributed by atoms with Gasteiger partial charge in [-0.05, 0) is 49.9 Å². The van der Waals surface area contributed by atoms with Gasteiger partial charge < -0.3 is 15.5 Å². The number of para-hydroxylation sites is 1. The number of rotatable bonds is 5. The van der Waals surface area contributed by atoms with Crippen LogP contribution in [0.1, 0.15) is 41.9 Å². The number of hydrogen-bond donors (Lipinski definition) is 2. The van der Waals surface area contributed by atoms with E-state index in [1.165, 1.54) is 0 Å². The summed E-state index contributed by atoms with van der Waals surface area (Å²) in [6, 6.07) is 11.5. The van der Waals surface area contributed by atoms with Crippen LogP contribution in [0.5, 0.6) is 0 Å². The highest BCUT2D eigenvalue weighted by Crippen LogP contribution is 2.34. The highest BCUT2D eigenvalue weighted by molar-refractivity contribution is 5.93. The number of nitrogens with zero attached hydrogens (tertiary/aromatic N) is 3. The molecule has 0 atom stereocenters. The molecule has 3 aromatic rings. The lowest BCUT2D eigenvalue weighted by atomic mass is 9.90. The topological polar surface area (TPSA) is 70.2 Å². The number of fused-ring (bicyclic) bond motifs is 1. The van der Waals surface area contributed by atoms with Crippen LogP contribution >= 0.6 is 0 Å². The van der Waals surface area contributed by atoms with Crippen LogP contribution in [0.4, 0.5) is 24.5 Å². The van der Waals surface area contributed by atoms with E-state index in [-0.39, 0.29) is 18.0 Å². The van der Waals surface area contributed by atoms with E-state index in [0.29, 0.717) is 22.3 Å². The highest BCUT2D eigenvalue weighted by atomic mass is 19.4. The fourth-order valence-corrected chi connectivity index (χ4v) is 4.12. The van der Waals surface area contributed by atoms with Gasteiger partial charge in [-0.15, -0.1) is 0 Å². The third kappa shape index (κ3) is 5.35. The van der Waals surface area contributed by atoms with Gasteiger partial charge in [0, 0.05) is 49.1 Å². The molecule has 6 nitrogen and oxygen atoms in total. The lowest BCUT2D eigenvalue weighted by molar-refractivity contribution is -0.140. The molecule has 9 heteroatoms. The number of hydrogen-bond acceptors (Lipinski definition) is 5. The first-order valence-electron chi connectivity index (χ1n) is 10.9.